The Labute approximate surface area is 239 Å². The molecule has 0 saturated carbocycles. The van der Waals surface area contributed by atoms with Gasteiger partial charge in [0.15, 0.2) is 0 Å². The topological polar surface area (TPSA) is 412 Å². The van der Waals surface area contributed by atoms with E-state index >= 15 is 0 Å². The minimum Gasteiger partial charge on any atom is -2.00 e. The average molecular weight is 778 g/mol. The largest absolute Gasteiger partial charge is 3.00 e. The smallest absolute Gasteiger partial charge is 2.00 e. The molecule has 0 spiro atoms. The molecular formula is H6Al2O21P6Zn3+6. The first-order valence-electron chi connectivity index (χ1n) is 3.39. The van der Waals surface area contributed by atoms with Gasteiger partial charge >= 0.3 is 141 Å². The third kappa shape index (κ3) is 7860. The Hall–Kier alpha value is 1.98. The summed E-state index contributed by atoms with van der Waals surface area (Å²) in [4.78, 5) is 42.1. The first-order chi connectivity index (χ1) is 10.4. The van der Waals surface area contributed by atoms with E-state index in [0.717, 1.165) is 0 Å². The molecule has 0 fully saturated rings. The molecule has 0 aromatic carbocycles. The minimum absolute atomic E-state index is 0. The summed E-state index contributed by atoms with van der Waals surface area (Å²) < 4.78 is 103. The zero-order valence-electron chi connectivity index (χ0n) is 14.8. The van der Waals surface area contributed by atoms with E-state index in [1.807, 2.05) is 0 Å². The van der Waals surface area contributed by atoms with E-state index in [4.69, 9.17) is 84.1 Å². The van der Waals surface area contributed by atoms with Gasteiger partial charge in [-0.1, -0.05) is 0 Å². The van der Waals surface area contributed by atoms with Crippen LogP contribution in [0.4, 0.5) is 0 Å². The van der Waals surface area contributed by atoms with Gasteiger partial charge in [0.1, 0.15) is 0 Å². The molecule has 0 amide bonds. The normalized spacial score (nSPS) is 4.69. The molecule has 0 atom stereocenters. The summed E-state index contributed by atoms with van der Waals surface area (Å²) in [5.41, 5.74) is 0. The fourth-order valence-electron chi connectivity index (χ4n) is 0. The summed E-state index contributed by atoms with van der Waals surface area (Å²) in [5, 5.41) is 0. The maximum Gasteiger partial charge on any atom is 3.00 e. The van der Waals surface area contributed by atoms with Crippen molar-refractivity contribution in [1.29, 1.82) is 0 Å². The van der Waals surface area contributed by atoms with Crippen molar-refractivity contribution in [2.75, 3.05) is 0 Å². The first-order valence-corrected chi connectivity index (χ1v) is 10.2. The zero-order chi connectivity index (χ0) is 21.5. The zero-order valence-corrected chi connectivity index (χ0v) is 31.3. The van der Waals surface area contributed by atoms with Crippen LogP contribution >= 0.6 is 47.4 Å². The van der Waals surface area contributed by atoms with E-state index in [1.165, 1.54) is 0 Å². The maximum absolute atomic E-state index is 8.59. The van der Waals surface area contributed by atoms with Crippen molar-refractivity contribution < 1.29 is 159 Å². The van der Waals surface area contributed by atoms with Crippen LogP contribution in [-0.2, 0) is 130 Å². The van der Waals surface area contributed by atoms with Gasteiger partial charge < -0.3 is 16.4 Å². The van der Waals surface area contributed by atoms with Crippen molar-refractivity contribution >= 4 is 82.2 Å². The van der Waals surface area contributed by atoms with E-state index in [1.54, 1.807) is 0 Å². The molecule has 0 radical (unpaired) electrons. The van der Waals surface area contributed by atoms with E-state index in [9.17, 15) is 0 Å². The molecule has 0 aromatic heterocycles. The molecule has 0 rings (SSSR count). The summed E-state index contributed by atoms with van der Waals surface area (Å²) in [6.45, 7) is 0. The summed E-state index contributed by atoms with van der Waals surface area (Å²) in [6.07, 6.45) is 0. The predicted octanol–water partition coefficient (Wildman–Crippen LogP) is -0.726. The van der Waals surface area contributed by atoms with Gasteiger partial charge in [0, 0.05) is 0 Å². The number of hydrogen-bond acceptors (Lipinski definition) is 12. The van der Waals surface area contributed by atoms with Crippen molar-refractivity contribution in [3.05, 3.63) is 0 Å². The Morgan fingerprint density at radius 2 is 0.281 bits per heavy atom. The van der Waals surface area contributed by atoms with E-state index in [2.05, 4.69) is 0 Å². The van der Waals surface area contributed by atoms with Crippen molar-refractivity contribution in [3.63, 3.8) is 0 Å². The molecule has 0 aliphatic carbocycles. The molecule has 0 aliphatic heterocycles. The van der Waals surface area contributed by atoms with Crippen LogP contribution in [-0.4, -0.2) is 64.1 Å². The van der Waals surface area contributed by atoms with Gasteiger partial charge in [-0.3, -0.25) is 29.4 Å². The fourth-order valence-corrected chi connectivity index (χ4v) is 0. The summed E-state index contributed by atoms with van der Waals surface area (Å²) in [7, 11) is -18.7. The van der Waals surface area contributed by atoms with Gasteiger partial charge in [-0.15, -0.1) is 0 Å². The standard InChI is InChI=1S/2Al.6HO3P.3O.3Zn/c;;6*1-4(2)3;;;;;;/h;;6*(H,1,2,3);;;;;;/q2*+3;;;;;;;3*-2;3*+2. The summed E-state index contributed by atoms with van der Waals surface area (Å²) in [6, 6.07) is 0. The molecule has 32 heteroatoms. The van der Waals surface area contributed by atoms with Gasteiger partial charge in [0.2, 0.25) is 0 Å². The van der Waals surface area contributed by atoms with Crippen LogP contribution in [0.3, 0.4) is 0 Å². The molecule has 0 aliphatic rings. The van der Waals surface area contributed by atoms with Crippen LogP contribution in [0.25, 0.3) is 0 Å². The Balaban J connectivity index is -0.00000000964. The first kappa shape index (κ1) is 92.6. The summed E-state index contributed by atoms with van der Waals surface area (Å²) >= 11 is 0. The SMILES string of the molecule is O=P(=O)O.O=P(=O)O.O=P(=O)O.O=P(=O)O.O=P(=O)O.O=P(=O)O.[Al+3].[Al+3].[O-2].[O-2].[O-2].[Zn+2].[Zn+2].[Zn+2]. The number of hydrogen-bond donors (Lipinski definition) is 6. The van der Waals surface area contributed by atoms with Crippen LogP contribution in [0.5, 0.6) is 0 Å². The second-order valence-electron chi connectivity index (χ2n) is 1.43. The maximum atomic E-state index is 8.59. The van der Waals surface area contributed by atoms with E-state index < -0.39 is 47.4 Å². The van der Waals surface area contributed by atoms with Crippen LogP contribution in [0.15, 0.2) is 0 Å². The third-order valence-corrected chi connectivity index (χ3v) is 0. The molecule has 21 nitrogen and oxygen atoms in total. The molecule has 0 heterocycles. The Kier molecular flexibility index (Phi) is 244. The molecule has 32 heavy (non-hydrogen) atoms. The minimum atomic E-state index is -3.12. The van der Waals surface area contributed by atoms with Gasteiger partial charge in [-0.25, -0.2) is 54.8 Å². The predicted molar refractivity (Wildman–Crippen MR) is 76.6 cm³/mol. The molecule has 6 N–H and O–H groups in total. The van der Waals surface area contributed by atoms with E-state index in [-0.39, 0.29) is 110 Å². The fraction of sp³-hybridized carbons (Fsp3) is 0. The van der Waals surface area contributed by atoms with Crippen molar-refractivity contribution in [3.8, 4) is 0 Å². The Bertz CT molecular complexity index is 491. The average Bonchev–Trinajstić information content (AvgIpc) is 2.08. The van der Waals surface area contributed by atoms with Crippen molar-refractivity contribution in [2.24, 2.45) is 0 Å². The van der Waals surface area contributed by atoms with Crippen LogP contribution in [0.1, 0.15) is 0 Å². The molecular weight excluding hydrogens is 772 g/mol. The summed E-state index contributed by atoms with van der Waals surface area (Å²) in [5.74, 6) is 0. The van der Waals surface area contributed by atoms with Gasteiger partial charge in [-0.05, 0) is 0 Å². The third-order valence-electron chi connectivity index (χ3n) is 0. The monoisotopic (exact) mass is 774 g/mol. The molecule has 0 saturated heterocycles. The van der Waals surface area contributed by atoms with Crippen LogP contribution in [0.2, 0.25) is 0 Å². The molecule has 168 valence electrons. The van der Waals surface area contributed by atoms with Crippen LogP contribution < -0.4 is 0 Å². The van der Waals surface area contributed by atoms with Crippen molar-refractivity contribution in [1.82, 2.24) is 0 Å². The van der Waals surface area contributed by atoms with Gasteiger partial charge in [0.05, 0.1) is 0 Å². The molecule has 0 aromatic rings. The second-order valence-corrected chi connectivity index (χ2v) is 4.28. The number of rotatable bonds is 0. The molecule has 0 bridgehead atoms. The Morgan fingerprint density at radius 1 is 0.281 bits per heavy atom. The van der Waals surface area contributed by atoms with E-state index in [0.29, 0.717) is 0 Å². The van der Waals surface area contributed by atoms with Gasteiger partial charge in [0.25, 0.3) is 0 Å². The van der Waals surface area contributed by atoms with Crippen LogP contribution in [0, 0.1) is 0 Å². The molecule has 0 unspecified atom stereocenters. The van der Waals surface area contributed by atoms with Gasteiger partial charge in [-0.2, -0.15) is 0 Å². The second kappa shape index (κ2) is 84.5. The quantitative estimate of drug-likeness (QED) is 0.130. The van der Waals surface area contributed by atoms with Crippen molar-refractivity contribution in [2.45, 2.75) is 0 Å². The Morgan fingerprint density at radius 3 is 0.281 bits per heavy atom.